The summed E-state index contributed by atoms with van der Waals surface area (Å²) in [6, 6.07) is 1.65. The predicted octanol–water partition coefficient (Wildman–Crippen LogP) is 4.29. The monoisotopic (exact) mass is 499 g/mol. The number of rotatable bonds is 5. The zero-order valence-electron chi connectivity index (χ0n) is 21.6. The highest BCUT2D eigenvalue weighted by atomic mass is 19.1. The van der Waals surface area contributed by atoms with Crippen LogP contribution in [0.15, 0.2) is 17.1 Å². The fourth-order valence-corrected chi connectivity index (χ4v) is 5.63. The Morgan fingerprint density at radius 3 is 2.64 bits per heavy atom. The fraction of sp³-hybridized carbons (Fsp3) is 0.593. The van der Waals surface area contributed by atoms with E-state index in [0.29, 0.717) is 29.9 Å². The minimum Gasteiger partial charge on any atom is -0.462 e. The third-order valence-corrected chi connectivity index (χ3v) is 7.54. The third-order valence-electron chi connectivity index (χ3n) is 7.54. The van der Waals surface area contributed by atoms with Crippen molar-refractivity contribution >= 4 is 23.3 Å². The largest absolute Gasteiger partial charge is 0.462 e. The molecule has 2 saturated carbocycles. The van der Waals surface area contributed by atoms with Gasteiger partial charge >= 0.3 is 12.1 Å². The van der Waals surface area contributed by atoms with Crippen LogP contribution in [-0.4, -0.2) is 47.8 Å². The molecule has 8 nitrogen and oxygen atoms in total. The van der Waals surface area contributed by atoms with Crippen molar-refractivity contribution in [3.8, 4) is 0 Å². The number of aromatic nitrogens is 1. The molecule has 3 heterocycles. The summed E-state index contributed by atoms with van der Waals surface area (Å²) in [5.41, 5.74) is 1.45. The number of aryl methyl sites for hydroxylation is 1. The van der Waals surface area contributed by atoms with Gasteiger partial charge in [0.05, 0.1) is 24.0 Å². The molecule has 2 aromatic rings. The standard InChI is InChI=1S/C27H34FN3O5/c1-6-35-24(33)18-11-17(16-7-8-16)21-15(2)22(19(28)13-31(21)23(18)32)30-10-9-27(14-30)12-20(27)29-25(34)36-26(3,4)5/h11,13,16,20H,6-10,12,14H2,1-5H3,(H,29,34)/t20-,27-/m1/s1. The van der Waals surface area contributed by atoms with Gasteiger partial charge in [-0.25, -0.2) is 14.0 Å². The molecule has 0 radical (unpaired) electrons. The molecule has 0 bridgehead atoms. The van der Waals surface area contributed by atoms with Crippen molar-refractivity contribution in [1.82, 2.24) is 9.72 Å². The second-order valence-electron chi connectivity index (χ2n) is 11.4. The number of halogens is 1. The summed E-state index contributed by atoms with van der Waals surface area (Å²) in [7, 11) is 0. The van der Waals surface area contributed by atoms with E-state index in [1.54, 1.807) is 13.0 Å². The molecule has 5 rings (SSSR count). The molecule has 0 unspecified atom stereocenters. The highest BCUT2D eigenvalue weighted by molar-refractivity contribution is 5.90. The van der Waals surface area contributed by atoms with Crippen LogP contribution in [0.4, 0.5) is 14.9 Å². The minimum absolute atomic E-state index is 0.00189. The maximum absolute atomic E-state index is 15.6. The number of pyridine rings is 2. The van der Waals surface area contributed by atoms with Gasteiger partial charge < -0.3 is 19.7 Å². The minimum atomic E-state index is -0.681. The van der Waals surface area contributed by atoms with E-state index < -0.39 is 29.0 Å². The van der Waals surface area contributed by atoms with Crippen LogP contribution < -0.4 is 15.8 Å². The van der Waals surface area contributed by atoms with Crippen LogP contribution in [0.5, 0.6) is 0 Å². The first-order valence-electron chi connectivity index (χ1n) is 12.7. The number of anilines is 1. The lowest BCUT2D eigenvalue weighted by molar-refractivity contribution is 0.0509. The molecule has 0 aromatic carbocycles. The molecule has 2 aromatic heterocycles. The molecule has 2 atom stereocenters. The maximum Gasteiger partial charge on any atom is 0.407 e. The van der Waals surface area contributed by atoms with Crippen molar-refractivity contribution in [1.29, 1.82) is 0 Å². The number of carbonyl (C=O) groups excluding carboxylic acids is 2. The normalized spacial score (nSPS) is 23.3. The van der Waals surface area contributed by atoms with E-state index in [1.807, 2.05) is 32.6 Å². The number of nitrogens with one attached hydrogen (secondary N) is 1. The van der Waals surface area contributed by atoms with Gasteiger partial charge in [-0.1, -0.05) is 0 Å². The van der Waals surface area contributed by atoms with Gasteiger partial charge in [0.25, 0.3) is 5.56 Å². The van der Waals surface area contributed by atoms with Crippen molar-refractivity contribution in [2.24, 2.45) is 5.41 Å². The van der Waals surface area contributed by atoms with Gasteiger partial charge in [-0.05, 0) is 83.4 Å². The molecule has 1 aliphatic heterocycles. The number of amides is 1. The van der Waals surface area contributed by atoms with E-state index in [-0.39, 0.29) is 29.5 Å². The van der Waals surface area contributed by atoms with Gasteiger partial charge in [0, 0.05) is 24.5 Å². The summed E-state index contributed by atoms with van der Waals surface area (Å²) in [6.07, 6.45) is 4.37. The van der Waals surface area contributed by atoms with E-state index in [9.17, 15) is 14.4 Å². The third kappa shape index (κ3) is 4.33. The van der Waals surface area contributed by atoms with Crippen LogP contribution in [0.3, 0.4) is 0 Å². The van der Waals surface area contributed by atoms with Crippen molar-refractivity contribution in [2.45, 2.75) is 77.9 Å². The van der Waals surface area contributed by atoms with Gasteiger partial charge in [-0.2, -0.15) is 0 Å². The highest BCUT2D eigenvalue weighted by Gasteiger charge is 2.59. The smallest absolute Gasteiger partial charge is 0.407 e. The predicted molar refractivity (Wildman–Crippen MR) is 133 cm³/mol. The van der Waals surface area contributed by atoms with E-state index >= 15 is 4.39 Å². The molecule has 1 saturated heterocycles. The Labute approximate surface area is 209 Å². The first-order valence-corrected chi connectivity index (χ1v) is 12.7. The maximum atomic E-state index is 15.6. The van der Waals surface area contributed by atoms with Crippen LogP contribution in [0, 0.1) is 18.2 Å². The Kier molecular flexibility index (Phi) is 5.80. The number of alkyl carbamates (subject to hydrolysis) is 1. The summed E-state index contributed by atoms with van der Waals surface area (Å²) >= 11 is 0. The second kappa shape index (κ2) is 8.49. The zero-order valence-corrected chi connectivity index (χ0v) is 21.6. The van der Waals surface area contributed by atoms with Gasteiger partial charge in [0.15, 0.2) is 5.82 Å². The van der Waals surface area contributed by atoms with Gasteiger partial charge in [-0.15, -0.1) is 0 Å². The Hall–Kier alpha value is -3.10. The van der Waals surface area contributed by atoms with Crippen molar-refractivity contribution in [3.05, 3.63) is 45.1 Å². The number of nitrogens with zero attached hydrogens (tertiary/aromatic N) is 2. The van der Waals surface area contributed by atoms with E-state index in [2.05, 4.69) is 5.32 Å². The number of esters is 1. The van der Waals surface area contributed by atoms with Gasteiger partial charge in [0.1, 0.15) is 11.2 Å². The summed E-state index contributed by atoms with van der Waals surface area (Å²) in [6.45, 7) is 10.4. The highest BCUT2D eigenvalue weighted by Crippen LogP contribution is 2.54. The first kappa shape index (κ1) is 24.6. The molecule has 3 fully saturated rings. The lowest BCUT2D eigenvalue weighted by Gasteiger charge is -2.24. The van der Waals surface area contributed by atoms with E-state index in [0.717, 1.165) is 31.2 Å². The number of fused-ring (bicyclic) bond motifs is 1. The molecule has 1 amide bonds. The Bertz CT molecular complexity index is 1310. The van der Waals surface area contributed by atoms with Gasteiger partial charge in [0.2, 0.25) is 0 Å². The van der Waals surface area contributed by atoms with Gasteiger partial charge in [-0.3, -0.25) is 9.20 Å². The zero-order chi connectivity index (χ0) is 26.0. The second-order valence-corrected chi connectivity index (χ2v) is 11.4. The average molecular weight is 500 g/mol. The molecule has 194 valence electrons. The molecule has 1 N–H and O–H groups in total. The number of hydrogen-bond donors (Lipinski definition) is 1. The number of carbonyl (C=O) groups is 2. The quantitative estimate of drug-likeness (QED) is 0.618. The molecular weight excluding hydrogens is 465 g/mol. The van der Waals surface area contributed by atoms with Crippen molar-refractivity contribution < 1.29 is 23.5 Å². The molecule has 3 aliphatic rings. The van der Waals surface area contributed by atoms with Crippen LogP contribution in [0.2, 0.25) is 0 Å². The fourth-order valence-electron chi connectivity index (χ4n) is 5.63. The summed E-state index contributed by atoms with van der Waals surface area (Å²) in [5, 5.41) is 2.97. The molecule has 9 heteroatoms. The Balaban J connectivity index is 1.46. The number of ether oxygens (including phenoxy) is 2. The average Bonchev–Trinajstić information content (AvgIpc) is 3.67. The number of hydrogen-bond acceptors (Lipinski definition) is 6. The molecule has 1 spiro atoms. The van der Waals surface area contributed by atoms with Crippen molar-refractivity contribution in [2.75, 3.05) is 24.6 Å². The van der Waals surface area contributed by atoms with Crippen LogP contribution >= 0.6 is 0 Å². The van der Waals surface area contributed by atoms with Crippen LogP contribution in [0.1, 0.15) is 80.8 Å². The van der Waals surface area contributed by atoms with Crippen LogP contribution in [-0.2, 0) is 9.47 Å². The van der Waals surface area contributed by atoms with E-state index in [4.69, 9.17) is 9.47 Å². The first-order chi connectivity index (χ1) is 16.9. The summed E-state index contributed by atoms with van der Waals surface area (Å²) in [4.78, 5) is 39.9. The SMILES string of the molecule is CCOC(=O)c1cc(C2CC2)c2c(C)c(N3CC[C@@]4(C[C@H]4NC(=O)OC(C)(C)C)C3)c(F)cn2c1=O. The summed E-state index contributed by atoms with van der Waals surface area (Å²) < 4.78 is 27.4. The lowest BCUT2D eigenvalue weighted by atomic mass is 10.0. The Morgan fingerprint density at radius 1 is 1.28 bits per heavy atom. The molecule has 36 heavy (non-hydrogen) atoms. The van der Waals surface area contributed by atoms with E-state index in [1.165, 1.54) is 10.6 Å². The molecule has 2 aliphatic carbocycles. The lowest BCUT2D eigenvalue weighted by Crippen LogP contribution is -2.36. The van der Waals surface area contributed by atoms with Crippen molar-refractivity contribution in [3.63, 3.8) is 0 Å². The summed E-state index contributed by atoms with van der Waals surface area (Å²) in [5.74, 6) is -0.944. The molecular formula is C27H34FN3O5. The van der Waals surface area contributed by atoms with Crippen LogP contribution in [0.25, 0.3) is 5.52 Å². The Morgan fingerprint density at radius 2 is 2.00 bits per heavy atom. The topological polar surface area (TPSA) is 89.3 Å².